The molecule has 0 aliphatic carbocycles. The zero-order valence-electron chi connectivity index (χ0n) is 18.1. The Hall–Kier alpha value is -2.94. The Bertz CT molecular complexity index is 802. The lowest BCUT2D eigenvalue weighted by atomic mass is 9.93. The van der Waals surface area contributed by atoms with Gasteiger partial charge >= 0.3 is 12.1 Å². The van der Waals surface area contributed by atoms with E-state index in [-0.39, 0.29) is 24.6 Å². The van der Waals surface area contributed by atoms with Gasteiger partial charge in [0.25, 0.3) is 0 Å². The second kappa shape index (κ2) is 11.6. The first kappa shape index (κ1) is 23.7. The van der Waals surface area contributed by atoms with Crippen LogP contribution in [0.2, 0.25) is 0 Å². The van der Waals surface area contributed by atoms with Gasteiger partial charge in [0.2, 0.25) is 5.91 Å². The third kappa shape index (κ3) is 6.78. The van der Waals surface area contributed by atoms with E-state index in [4.69, 9.17) is 9.84 Å². The molecule has 2 unspecified atom stereocenters. The predicted molar refractivity (Wildman–Crippen MR) is 116 cm³/mol. The molecule has 3 N–H and O–H groups in total. The van der Waals surface area contributed by atoms with Gasteiger partial charge in [-0.1, -0.05) is 30.3 Å². The average Bonchev–Trinajstić information content (AvgIpc) is 2.99. The lowest BCUT2D eigenvalue weighted by Gasteiger charge is -2.41. The van der Waals surface area contributed by atoms with Crippen LogP contribution in [0.25, 0.3) is 0 Å². The van der Waals surface area contributed by atoms with Gasteiger partial charge in [-0.15, -0.1) is 0 Å². The molecule has 32 heavy (non-hydrogen) atoms. The maximum atomic E-state index is 12.9. The number of ether oxygens (including phenoxy) is 1. The maximum Gasteiger partial charge on any atom is 0.407 e. The monoisotopic (exact) mass is 445 g/mol. The number of aldehydes is 1. The van der Waals surface area contributed by atoms with Crippen LogP contribution in [0.15, 0.2) is 30.3 Å². The minimum Gasteiger partial charge on any atom is -0.481 e. The van der Waals surface area contributed by atoms with Gasteiger partial charge in [-0.05, 0) is 44.1 Å². The number of alkyl carbamates (subject to hydrolysis) is 1. The average molecular weight is 446 g/mol. The van der Waals surface area contributed by atoms with Gasteiger partial charge in [0, 0.05) is 18.6 Å². The van der Waals surface area contributed by atoms with Gasteiger partial charge in [0.15, 0.2) is 0 Å². The third-order valence-electron chi connectivity index (χ3n) is 6.13. The largest absolute Gasteiger partial charge is 0.481 e. The molecule has 2 fully saturated rings. The molecular weight excluding hydrogens is 414 g/mol. The summed E-state index contributed by atoms with van der Waals surface area (Å²) in [6.07, 6.45) is 4.66. The number of aliphatic carboxylic acids is 1. The van der Waals surface area contributed by atoms with Crippen molar-refractivity contribution in [3.8, 4) is 0 Å². The van der Waals surface area contributed by atoms with E-state index in [1.807, 2.05) is 30.3 Å². The molecular formula is C23H31N3O6. The number of hydrogen-bond acceptors (Lipinski definition) is 6. The first-order valence-electron chi connectivity index (χ1n) is 11.2. The second-order valence-corrected chi connectivity index (χ2v) is 8.48. The van der Waals surface area contributed by atoms with Crippen molar-refractivity contribution in [2.45, 2.75) is 75.7 Å². The number of carbonyl (C=O) groups is 4. The highest BCUT2D eigenvalue weighted by molar-refractivity contribution is 5.86. The smallest absolute Gasteiger partial charge is 0.407 e. The van der Waals surface area contributed by atoms with Crippen LogP contribution in [0.1, 0.15) is 50.5 Å². The van der Waals surface area contributed by atoms with Crippen molar-refractivity contribution < 1.29 is 29.0 Å². The molecule has 0 aromatic heterocycles. The predicted octanol–water partition coefficient (Wildman–Crippen LogP) is 1.85. The van der Waals surface area contributed by atoms with E-state index in [0.717, 1.165) is 37.7 Å². The Morgan fingerprint density at radius 2 is 1.84 bits per heavy atom. The molecule has 0 saturated carbocycles. The molecule has 174 valence electrons. The molecule has 0 spiro atoms. The Balaban J connectivity index is 1.58. The summed E-state index contributed by atoms with van der Waals surface area (Å²) in [7, 11) is 0. The number of carbonyl (C=O) groups excluding carboxylic acids is 3. The molecule has 2 heterocycles. The number of rotatable bonds is 8. The number of nitrogens with one attached hydrogen (secondary N) is 2. The summed E-state index contributed by atoms with van der Waals surface area (Å²) in [5.41, 5.74) is 0.905. The fraction of sp³-hybridized carbons (Fsp3) is 0.565. The molecule has 3 rings (SSSR count). The SMILES string of the molecule is O=CC(CC(=O)O)NC(=O)[C@@H]1CCCC2CCC[C@H](NC(=O)OCc3ccccc3)CN21. The number of fused-ring (bicyclic) bond motifs is 1. The molecule has 2 saturated heterocycles. The second-order valence-electron chi connectivity index (χ2n) is 8.48. The molecule has 9 heteroatoms. The van der Waals surface area contributed by atoms with E-state index >= 15 is 0 Å². The number of piperidine rings is 1. The lowest BCUT2D eigenvalue weighted by Crippen LogP contribution is -2.58. The van der Waals surface area contributed by atoms with Gasteiger partial charge in [-0.2, -0.15) is 0 Å². The normalized spacial score (nSPS) is 24.3. The van der Waals surface area contributed by atoms with Crippen molar-refractivity contribution in [3.05, 3.63) is 35.9 Å². The molecule has 4 atom stereocenters. The highest BCUT2D eigenvalue weighted by atomic mass is 16.5. The van der Waals surface area contributed by atoms with Crippen molar-refractivity contribution >= 4 is 24.3 Å². The fourth-order valence-electron chi connectivity index (χ4n) is 4.60. The standard InChI is InChI=1S/C23H31N3O6/c27-14-18(12-21(28)29)24-22(30)20-11-5-10-19-9-4-8-17(13-26(19)20)25-23(31)32-15-16-6-2-1-3-7-16/h1-3,6-7,14,17-20H,4-5,8-13,15H2,(H,24,30)(H,25,31)(H,28,29)/t17-,18?,19?,20-/m0/s1. The van der Waals surface area contributed by atoms with Gasteiger partial charge < -0.3 is 25.3 Å². The summed E-state index contributed by atoms with van der Waals surface area (Å²) >= 11 is 0. The quantitative estimate of drug-likeness (QED) is 0.522. The first-order chi connectivity index (χ1) is 15.5. The van der Waals surface area contributed by atoms with Gasteiger partial charge in [-0.3, -0.25) is 14.5 Å². The van der Waals surface area contributed by atoms with Crippen molar-refractivity contribution in [2.24, 2.45) is 0 Å². The van der Waals surface area contributed by atoms with E-state index < -0.39 is 30.6 Å². The summed E-state index contributed by atoms with van der Waals surface area (Å²) in [6.45, 7) is 0.696. The molecule has 1 aromatic carbocycles. The summed E-state index contributed by atoms with van der Waals surface area (Å²) in [6, 6.07) is 8.01. The molecule has 0 radical (unpaired) electrons. The van der Waals surface area contributed by atoms with Crippen molar-refractivity contribution in [1.82, 2.24) is 15.5 Å². The number of benzene rings is 1. The first-order valence-corrected chi connectivity index (χ1v) is 11.2. The Labute approximate surface area is 187 Å². The van der Waals surface area contributed by atoms with Crippen LogP contribution in [0, 0.1) is 0 Å². The zero-order valence-corrected chi connectivity index (χ0v) is 18.1. The minimum atomic E-state index is -1.14. The van der Waals surface area contributed by atoms with Gasteiger partial charge in [-0.25, -0.2) is 4.79 Å². The van der Waals surface area contributed by atoms with Crippen LogP contribution in [-0.4, -0.2) is 65.0 Å². The maximum absolute atomic E-state index is 12.9. The molecule has 2 aliphatic rings. The topological polar surface area (TPSA) is 125 Å². The van der Waals surface area contributed by atoms with Crippen LogP contribution in [-0.2, 0) is 25.7 Å². The number of amides is 2. The summed E-state index contributed by atoms with van der Waals surface area (Å²) < 4.78 is 5.34. The Morgan fingerprint density at radius 3 is 2.53 bits per heavy atom. The highest BCUT2D eigenvalue weighted by Gasteiger charge is 2.38. The number of nitrogens with zero attached hydrogens (tertiary/aromatic N) is 1. The Kier molecular flexibility index (Phi) is 8.61. The fourth-order valence-corrected chi connectivity index (χ4v) is 4.60. The summed E-state index contributed by atoms with van der Waals surface area (Å²) in [5.74, 6) is -1.47. The molecule has 0 bridgehead atoms. The molecule has 2 aliphatic heterocycles. The van der Waals surface area contributed by atoms with Crippen LogP contribution in [0.4, 0.5) is 4.79 Å². The third-order valence-corrected chi connectivity index (χ3v) is 6.13. The molecule has 9 nitrogen and oxygen atoms in total. The van der Waals surface area contributed by atoms with Crippen LogP contribution in [0.3, 0.4) is 0 Å². The minimum absolute atomic E-state index is 0.155. The van der Waals surface area contributed by atoms with Gasteiger partial charge in [0.1, 0.15) is 12.9 Å². The van der Waals surface area contributed by atoms with E-state index in [2.05, 4.69) is 15.5 Å². The zero-order chi connectivity index (χ0) is 22.9. The van der Waals surface area contributed by atoms with E-state index in [9.17, 15) is 19.2 Å². The number of carboxylic acids is 1. The summed E-state index contributed by atoms with van der Waals surface area (Å²) in [5, 5.41) is 14.4. The van der Waals surface area contributed by atoms with Crippen molar-refractivity contribution in [1.29, 1.82) is 0 Å². The van der Waals surface area contributed by atoms with E-state index in [1.165, 1.54) is 0 Å². The van der Waals surface area contributed by atoms with Crippen molar-refractivity contribution in [3.63, 3.8) is 0 Å². The lowest BCUT2D eigenvalue weighted by molar-refractivity contribution is -0.139. The highest BCUT2D eigenvalue weighted by Crippen LogP contribution is 2.30. The molecule has 1 aromatic rings. The van der Waals surface area contributed by atoms with E-state index in [1.54, 1.807) is 0 Å². The summed E-state index contributed by atoms with van der Waals surface area (Å²) in [4.78, 5) is 49.4. The van der Waals surface area contributed by atoms with Gasteiger partial charge in [0.05, 0.1) is 18.5 Å². The molecule has 2 amide bonds. The van der Waals surface area contributed by atoms with Crippen LogP contribution in [0.5, 0.6) is 0 Å². The van der Waals surface area contributed by atoms with Crippen molar-refractivity contribution in [2.75, 3.05) is 6.54 Å². The van der Waals surface area contributed by atoms with Crippen LogP contribution < -0.4 is 10.6 Å². The van der Waals surface area contributed by atoms with Crippen LogP contribution >= 0.6 is 0 Å². The number of carboxylic acid groups (broad SMARTS) is 1. The Morgan fingerprint density at radius 1 is 1.12 bits per heavy atom. The van der Waals surface area contributed by atoms with E-state index in [0.29, 0.717) is 19.3 Å². The number of hydrogen-bond donors (Lipinski definition) is 3.